The third-order valence-corrected chi connectivity index (χ3v) is 3.21. The van der Waals surface area contributed by atoms with Crippen molar-refractivity contribution in [1.82, 2.24) is 5.32 Å². The average molecular weight is 303 g/mol. The lowest BCUT2D eigenvalue weighted by Gasteiger charge is -2.06. The molecule has 0 aliphatic rings. The Hall–Kier alpha value is -2.38. The van der Waals surface area contributed by atoms with Gasteiger partial charge in [0.05, 0.1) is 23.1 Å². The molecule has 3 nitrogen and oxygen atoms in total. The minimum absolute atomic E-state index is 0.0360. The molecular weight excluding hydrogens is 291 g/mol. The molecule has 0 bridgehead atoms. The van der Waals surface area contributed by atoms with Gasteiger partial charge in [-0.1, -0.05) is 29.8 Å². The van der Waals surface area contributed by atoms with Gasteiger partial charge in [-0.3, -0.25) is 4.79 Å². The summed E-state index contributed by atoms with van der Waals surface area (Å²) < 4.78 is 13.0. The maximum Gasteiger partial charge on any atom is 0.224 e. The molecule has 0 radical (unpaired) electrons. The highest BCUT2D eigenvalue weighted by atomic mass is 35.5. The van der Waals surface area contributed by atoms with E-state index in [0.29, 0.717) is 5.56 Å². The highest BCUT2D eigenvalue weighted by Gasteiger charge is 2.05. The van der Waals surface area contributed by atoms with Gasteiger partial charge in [-0.2, -0.15) is 5.26 Å². The average Bonchev–Trinajstić information content (AvgIpc) is 2.49. The van der Waals surface area contributed by atoms with Crippen LogP contribution in [-0.4, -0.2) is 5.91 Å². The van der Waals surface area contributed by atoms with E-state index in [4.69, 9.17) is 16.9 Å². The van der Waals surface area contributed by atoms with Crippen LogP contribution in [0.4, 0.5) is 4.39 Å². The zero-order valence-electron chi connectivity index (χ0n) is 11.1. The minimum atomic E-state index is -0.482. The Kier molecular flexibility index (Phi) is 4.91. The number of nitrogens with one attached hydrogen (secondary N) is 1. The number of rotatable bonds is 4. The summed E-state index contributed by atoms with van der Waals surface area (Å²) in [6.45, 7) is 0.287. The van der Waals surface area contributed by atoms with Crippen LogP contribution in [0.1, 0.15) is 16.7 Å². The third-order valence-electron chi connectivity index (χ3n) is 2.92. The van der Waals surface area contributed by atoms with Crippen LogP contribution in [0.25, 0.3) is 0 Å². The molecule has 0 atom stereocenters. The number of nitrogens with zero attached hydrogens (tertiary/aromatic N) is 1. The van der Waals surface area contributed by atoms with Gasteiger partial charge >= 0.3 is 0 Å². The van der Waals surface area contributed by atoms with Crippen LogP contribution >= 0.6 is 11.6 Å². The van der Waals surface area contributed by atoms with E-state index < -0.39 is 5.82 Å². The minimum Gasteiger partial charge on any atom is -0.352 e. The summed E-state index contributed by atoms with van der Waals surface area (Å²) in [5.41, 5.74) is 2.11. The topological polar surface area (TPSA) is 52.9 Å². The van der Waals surface area contributed by atoms with Crippen LogP contribution in [0.5, 0.6) is 0 Å². The smallest absolute Gasteiger partial charge is 0.224 e. The number of carbonyl (C=O) groups excluding carboxylic acids is 1. The molecule has 0 aliphatic heterocycles. The molecule has 0 fully saturated rings. The molecule has 2 rings (SSSR count). The fourth-order valence-corrected chi connectivity index (χ4v) is 2.00. The van der Waals surface area contributed by atoms with E-state index in [1.54, 1.807) is 30.3 Å². The number of carbonyl (C=O) groups is 1. The van der Waals surface area contributed by atoms with Crippen molar-refractivity contribution in [3.05, 3.63) is 70.0 Å². The van der Waals surface area contributed by atoms with Gasteiger partial charge in [0.15, 0.2) is 0 Å². The van der Waals surface area contributed by atoms with Gasteiger partial charge in [0.1, 0.15) is 5.82 Å². The zero-order chi connectivity index (χ0) is 15.2. The van der Waals surface area contributed by atoms with Crippen molar-refractivity contribution in [1.29, 1.82) is 5.26 Å². The Balaban J connectivity index is 1.89. The highest BCUT2D eigenvalue weighted by molar-refractivity contribution is 6.30. The van der Waals surface area contributed by atoms with Crippen molar-refractivity contribution in [2.75, 3.05) is 0 Å². The van der Waals surface area contributed by atoms with E-state index in [1.807, 2.05) is 6.07 Å². The number of halogens is 2. The summed E-state index contributed by atoms with van der Waals surface area (Å²) >= 11 is 5.67. The predicted octanol–water partition coefficient (Wildman–Crippen LogP) is 3.21. The molecule has 0 aliphatic carbocycles. The van der Waals surface area contributed by atoms with Crippen LogP contribution in [0.3, 0.4) is 0 Å². The van der Waals surface area contributed by atoms with Crippen LogP contribution in [-0.2, 0) is 17.8 Å². The first-order valence-corrected chi connectivity index (χ1v) is 6.66. The Bertz CT molecular complexity index is 692. The molecule has 0 unspecified atom stereocenters. The standard InChI is InChI=1S/C16H12ClFN2O/c17-14-7-13(5-6-15(14)18)10-20-16(21)8-11-1-3-12(9-19)4-2-11/h1-7H,8,10H2,(H,20,21). The van der Waals surface area contributed by atoms with Gasteiger partial charge < -0.3 is 5.32 Å². The highest BCUT2D eigenvalue weighted by Crippen LogP contribution is 2.15. The van der Waals surface area contributed by atoms with Crippen LogP contribution in [0.2, 0.25) is 5.02 Å². The largest absolute Gasteiger partial charge is 0.352 e. The van der Waals surface area contributed by atoms with Crippen LogP contribution < -0.4 is 5.32 Å². The number of hydrogen-bond donors (Lipinski definition) is 1. The second-order valence-corrected chi connectivity index (χ2v) is 4.92. The lowest BCUT2D eigenvalue weighted by Crippen LogP contribution is -2.24. The zero-order valence-corrected chi connectivity index (χ0v) is 11.8. The Morgan fingerprint density at radius 1 is 1.19 bits per heavy atom. The predicted molar refractivity (Wildman–Crippen MR) is 78.1 cm³/mol. The molecule has 0 heterocycles. The molecule has 0 spiro atoms. The Morgan fingerprint density at radius 2 is 1.86 bits per heavy atom. The van der Waals surface area contributed by atoms with E-state index in [9.17, 15) is 9.18 Å². The first-order chi connectivity index (χ1) is 10.1. The number of amides is 1. The second kappa shape index (κ2) is 6.87. The quantitative estimate of drug-likeness (QED) is 0.943. The lowest BCUT2D eigenvalue weighted by atomic mass is 10.1. The first kappa shape index (κ1) is 15.0. The molecular formula is C16H12ClFN2O. The molecule has 0 aromatic heterocycles. The number of nitriles is 1. The van der Waals surface area contributed by atoms with Crippen molar-refractivity contribution in [2.45, 2.75) is 13.0 Å². The molecule has 1 amide bonds. The maximum absolute atomic E-state index is 13.0. The molecule has 0 saturated carbocycles. The summed E-state index contributed by atoms with van der Waals surface area (Å²) in [5.74, 6) is -0.635. The lowest BCUT2D eigenvalue weighted by molar-refractivity contribution is -0.120. The number of benzene rings is 2. The fourth-order valence-electron chi connectivity index (χ4n) is 1.80. The van der Waals surface area contributed by atoms with Crippen LogP contribution in [0.15, 0.2) is 42.5 Å². The van der Waals surface area contributed by atoms with E-state index >= 15 is 0 Å². The summed E-state index contributed by atoms with van der Waals surface area (Å²) in [4.78, 5) is 11.8. The normalized spacial score (nSPS) is 9.95. The molecule has 21 heavy (non-hydrogen) atoms. The molecule has 2 aromatic carbocycles. The molecule has 0 saturated heterocycles. The van der Waals surface area contributed by atoms with Crippen molar-refractivity contribution in [2.24, 2.45) is 0 Å². The van der Waals surface area contributed by atoms with Gasteiger partial charge in [-0.15, -0.1) is 0 Å². The maximum atomic E-state index is 13.0. The van der Waals surface area contributed by atoms with E-state index in [0.717, 1.165) is 11.1 Å². The van der Waals surface area contributed by atoms with Gasteiger partial charge in [0.25, 0.3) is 0 Å². The van der Waals surface area contributed by atoms with Gasteiger partial charge in [0.2, 0.25) is 5.91 Å². The molecule has 5 heteroatoms. The molecule has 2 aromatic rings. The SMILES string of the molecule is N#Cc1ccc(CC(=O)NCc2ccc(F)c(Cl)c2)cc1. The fraction of sp³-hybridized carbons (Fsp3) is 0.125. The van der Waals surface area contributed by atoms with E-state index in [-0.39, 0.29) is 23.9 Å². The van der Waals surface area contributed by atoms with Gasteiger partial charge in [-0.25, -0.2) is 4.39 Å². The van der Waals surface area contributed by atoms with E-state index in [1.165, 1.54) is 12.1 Å². The van der Waals surface area contributed by atoms with Gasteiger partial charge in [-0.05, 0) is 35.4 Å². The monoisotopic (exact) mass is 302 g/mol. The van der Waals surface area contributed by atoms with Crippen molar-refractivity contribution in [3.8, 4) is 6.07 Å². The third kappa shape index (κ3) is 4.30. The summed E-state index contributed by atoms with van der Waals surface area (Å²) in [5, 5.41) is 11.5. The summed E-state index contributed by atoms with van der Waals surface area (Å²) in [7, 11) is 0. The van der Waals surface area contributed by atoms with Crippen molar-refractivity contribution < 1.29 is 9.18 Å². The first-order valence-electron chi connectivity index (χ1n) is 6.28. The molecule has 1 N–H and O–H groups in total. The Labute approximate surface area is 127 Å². The van der Waals surface area contributed by atoms with Crippen molar-refractivity contribution >= 4 is 17.5 Å². The summed E-state index contributed by atoms with van der Waals surface area (Å²) in [6, 6.07) is 13.2. The Morgan fingerprint density at radius 3 is 2.48 bits per heavy atom. The van der Waals surface area contributed by atoms with E-state index in [2.05, 4.69) is 5.32 Å². The van der Waals surface area contributed by atoms with Crippen molar-refractivity contribution in [3.63, 3.8) is 0 Å². The van der Waals surface area contributed by atoms with Gasteiger partial charge in [0, 0.05) is 6.54 Å². The summed E-state index contributed by atoms with van der Waals surface area (Å²) in [6.07, 6.45) is 0.223. The second-order valence-electron chi connectivity index (χ2n) is 4.51. The van der Waals surface area contributed by atoms with Crippen LogP contribution in [0, 0.1) is 17.1 Å². The number of hydrogen-bond acceptors (Lipinski definition) is 2. The molecule has 106 valence electrons.